The standard InChI is InChI=1S/C17H15NO2S/c1-2-16(14-9-5-3-6-10-14)17(13-18)21(19,20)15-11-7-4-8-12-15/h2-12,16-17H,1H2/t16-,17?/m1/s1. The van der Waals surface area contributed by atoms with E-state index in [4.69, 9.17) is 0 Å². The van der Waals surface area contributed by atoms with E-state index >= 15 is 0 Å². The Bertz CT molecular complexity index is 746. The van der Waals surface area contributed by atoms with Crippen molar-refractivity contribution >= 4 is 9.84 Å². The highest BCUT2D eigenvalue weighted by molar-refractivity contribution is 7.92. The molecule has 2 rings (SSSR count). The molecule has 0 aliphatic heterocycles. The van der Waals surface area contributed by atoms with Crippen LogP contribution >= 0.6 is 0 Å². The van der Waals surface area contributed by atoms with Crippen LogP contribution in [0.15, 0.2) is 78.2 Å². The minimum Gasteiger partial charge on any atom is -0.222 e. The van der Waals surface area contributed by atoms with E-state index in [1.165, 1.54) is 18.2 Å². The average Bonchev–Trinajstić information content (AvgIpc) is 2.54. The molecule has 0 saturated heterocycles. The van der Waals surface area contributed by atoms with Crippen molar-refractivity contribution in [3.05, 3.63) is 78.9 Å². The summed E-state index contributed by atoms with van der Waals surface area (Å²) in [7, 11) is -3.74. The van der Waals surface area contributed by atoms with Crippen molar-refractivity contribution in [3.8, 4) is 6.07 Å². The van der Waals surface area contributed by atoms with Crippen LogP contribution in [0.1, 0.15) is 11.5 Å². The third-order valence-electron chi connectivity index (χ3n) is 3.30. The van der Waals surface area contributed by atoms with Gasteiger partial charge in [-0.3, -0.25) is 0 Å². The minimum atomic E-state index is -3.74. The number of nitrogens with zero attached hydrogens (tertiary/aromatic N) is 1. The van der Waals surface area contributed by atoms with E-state index in [2.05, 4.69) is 6.58 Å². The Kier molecular flexibility index (Phi) is 4.56. The molecule has 0 spiro atoms. The fourth-order valence-corrected chi connectivity index (χ4v) is 3.83. The number of rotatable bonds is 5. The van der Waals surface area contributed by atoms with Crippen molar-refractivity contribution in [3.63, 3.8) is 0 Å². The van der Waals surface area contributed by atoms with Gasteiger partial charge in [-0.25, -0.2) is 8.42 Å². The average molecular weight is 297 g/mol. The van der Waals surface area contributed by atoms with Crippen LogP contribution in [0.5, 0.6) is 0 Å². The van der Waals surface area contributed by atoms with Crippen LogP contribution in [0, 0.1) is 11.3 Å². The van der Waals surface area contributed by atoms with Gasteiger partial charge in [0.25, 0.3) is 0 Å². The molecule has 0 aliphatic carbocycles. The van der Waals surface area contributed by atoms with Crippen LogP contribution in [-0.4, -0.2) is 13.7 Å². The van der Waals surface area contributed by atoms with Crippen molar-refractivity contribution in [1.29, 1.82) is 5.26 Å². The molecule has 0 amide bonds. The zero-order valence-corrected chi connectivity index (χ0v) is 12.2. The summed E-state index contributed by atoms with van der Waals surface area (Å²) in [6.45, 7) is 3.70. The van der Waals surface area contributed by atoms with Crippen molar-refractivity contribution in [2.24, 2.45) is 0 Å². The van der Waals surface area contributed by atoms with E-state index < -0.39 is 21.0 Å². The second kappa shape index (κ2) is 6.38. The monoisotopic (exact) mass is 297 g/mol. The van der Waals surface area contributed by atoms with Gasteiger partial charge >= 0.3 is 0 Å². The lowest BCUT2D eigenvalue weighted by Crippen LogP contribution is -2.26. The maximum atomic E-state index is 12.7. The Hall–Kier alpha value is -2.38. The summed E-state index contributed by atoms with van der Waals surface area (Å²) in [4.78, 5) is 0.152. The molecule has 0 bridgehead atoms. The summed E-state index contributed by atoms with van der Waals surface area (Å²) in [6.07, 6.45) is 1.52. The first-order valence-electron chi connectivity index (χ1n) is 6.47. The molecule has 4 heteroatoms. The Morgan fingerprint density at radius 2 is 1.52 bits per heavy atom. The first-order valence-corrected chi connectivity index (χ1v) is 8.02. The van der Waals surface area contributed by atoms with Crippen molar-refractivity contribution in [2.75, 3.05) is 0 Å². The van der Waals surface area contributed by atoms with Gasteiger partial charge in [0.2, 0.25) is 0 Å². The Labute approximate surface area is 125 Å². The van der Waals surface area contributed by atoms with Crippen LogP contribution in [0.2, 0.25) is 0 Å². The molecule has 0 radical (unpaired) electrons. The topological polar surface area (TPSA) is 57.9 Å². The molecule has 0 aliphatic rings. The third kappa shape index (κ3) is 3.04. The number of hydrogen-bond acceptors (Lipinski definition) is 3. The molecule has 2 atom stereocenters. The van der Waals surface area contributed by atoms with E-state index in [1.807, 2.05) is 24.3 Å². The minimum absolute atomic E-state index is 0.152. The SMILES string of the molecule is C=C[C@H](c1ccccc1)C(C#N)S(=O)(=O)c1ccccc1. The van der Waals surface area contributed by atoms with Gasteiger partial charge in [-0.1, -0.05) is 54.6 Å². The molecule has 0 saturated carbocycles. The fraction of sp³-hybridized carbons (Fsp3) is 0.118. The van der Waals surface area contributed by atoms with Gasteiger partial charge < -0.3 is 0 Å². The molecule has 21 heavy (non-hydrogen) atoms. The van der Waals surface area contributed by atoms with Gasteiger partial charge in [0, 0.05) is 5.92 Å². The van der Waals surface area contributed by atoms with Crippen LogP contribution in [-0.2, 0) is 9.84 Å². The van der Waals surface area contributed by atoms with Gasteiger partial charge in [-0.2, -0.15) is 5.26 Å². The maximum Gasteiger partial charge on any atom is 0.195 e. The number of sulfone groups is 1. The molecule has 2 aromatic carbocycles. The van der Waals surface area contributed by atoms with Crippen LogP contribution in [0.4, 0.5) is 0 Å². The lowest BCUT2D eigenvalue weighted by molar-refractivity contribution is 0.584. The second-order valence-electron chi connectivity index (χ2n) is 4.58. The highest BCUT2D eigenvalue weighted by atomic mass is 32.2. The van der Waals surface area contributed by atoms with Crippen molar-refractivity contribution in [2.45, 2.75) is 16.1 Å². The van der Waals surface area contributed by atoms with E-state index in [1.54, 1.807) is 30.3 Å². The molecule has 0 aromatic heterocycles. The number of benzene rings is 2. The Morgan fingerprint density at radius 3 is 2.00 bits per heavy atom. The normalized spacial score (nSPS) is 13.9. The quantitative estimate of drug-likeness (QED) is 0.795. The van der Waals surface area contributed by atoms with E-state index in [-0.39, 0.29) is 4.90 Å². The first-order chi connectivity index (χ1) is 10.1. The van der Waals surface area contributed by atoms with Crippen LogP contribution < -0.4 is 0 Å². The van der Waals surface area contributed by atoms with Gasteiger partial charge in [0.05, 0.1) is 11.0 Å². The predicted molar refractivity (Wildman–Crippen MR) is 82.4 cm³/mol. The highest BCUT2D eigenvalue weighted by Gasteiger charge is 2.34. The molecule has 1 unspecified atom stereocenters. The van der Waals surface area contributed by atoms with Gasteiger partial charge in [0.15, 0.2) is 15.1 Å². The maximum absolute atomic E-state index is 12.7. The first kappa shape index (κ1) is 15.0. The smallest absolute Gasteiger partial charge is 0.195 e. The van der Waals surface area contributed by atoms with Gasteiger partial charge in [0.1, 0.15) is 0 Å². The molecule has 0 heterocycles. The summed E-state index contributed by atoms with van der Waals surface area (Å²) in [5.74, 6) is -0.568. The Balaban J connectivity index is 2.49. The van der Waals surface area contributed by atoms with E-state index in [0.717, 1.165) is 5.56 Å². The molecule has 0 N–H and O–H groups in total. The van der Waals surface area contributed by atoms with Crippen molar-refractivity contribution in [1.82, 2.24) is 0 Å². The largest absolute Gasteiger partial charge is 0.222 e. The van der Waals surface area contributed by atoms with Crippen LogP contribution in [0.3, 0.4) is 0 Å². The molecular formula is C17H15NO2S. The summed E-state index contributed by atoms with van der Waals surface area (Å²) >= 11 is 0. The van der Waals surface area contributed by atoms with Crippen LogP contribution in [0.25, 0.3) is 0 Å². The summed E-state index contributed by atoms with van der Waals surface area (Å²) in [6, 6.07) is 19.0. The number of hydrogen-bond donors (Lipinski definition) is 0. The lowest BCUT2D eigenvalue weighted by atomic mass is 9.96. The van der Waals surface area contributed by atoms with Crippen molar-refractivity contribution < 1.29 is 8.42 Å². The van der Waals surface area contributed by atoms with E-state index in [9.17, 15) is 13.7 Å². The predicted octanol–water partition coefficient (Wildman–Crippen LogP) is 3.32. The third-order valence-corrected chi connectivity index (χ3v) is 5.29. The molecule has 3 nitrogen and oxygen atoms in total. The summed E-state index contributed by atoms with van der Waals surface area (Å²) < 4.78 is 25.3. The van der Waals surface area contributed by atoms with Gasteiger partial charge in [-0.05, 0) is 17.7 Å². The molecular weight excluding hydrogens is 282 g/mol. The van der Waals surface area contributed by atoms with Gasteiger partial charge in [-0.15, -0.1) is 6.58 Å². The molecule has 106 valence electrons. The fourth-order valence-electron chi connectivity index (χ4n) is 2.21. The Morgan fingerprint density at radius 1 is 1.00 bits per heavy atom. The number of allylic oxidation sites excluding steroid dienone is 1. The summed E-state index contributed by atoms with van der Waals surface area (Å²) in [5.41, 5.74) is 0.763. The number of nitriles is 1. The zero-order valence-electron chi connectivity index (χ0n) is 11.4. The highest BCUT2D eigenvalue weighted by Crippen LogP contribution is 2.29. The summed E-state index contributed by atoms with van der Waals surface area (Å²) in [5, 5.41) is 8.21. The second-order valence-corrected chi connectivity index (χ2v) is 6.65. The molecule has 2 aromatic rings. The lowest BCUT2D eigenvalue weighted by Gasteiger charge is -2.19. The zero-order chi connectivity index (χ0) is 15.3. The molecule has 0 fully saturated rings. The van der Waals surface area contributed by atoms with E-state index in [0.29, 0.717) is 0 Å².